The van der Waals surface area contributed by atoms with Crippen LogP contribution in [-0.2, 0) is 31.4 Å². The molecule has 23 heteroatoms. The van der Waals surface area contributed by atoms with Gasteiger partial charge in [0.25, 0.3) is 19.1 Å². The van der Waals surface area contributed by atoms with Crippen LogP contribution in [0.2, 0.25) is 10.0 Å². The summed E-state index contributed by atoms with van der Waals surface area (Å²) >= 11 is 11.6. The zero-order valence-corrected chi connectivity index (χ0v) is 39.7. The number of benzene rings is 6. The van der Waals surface area contributed by atoms with Crippen LogP contribution in [0.3, 0.4) is 0 Å². The Labute approximate surface area is 407 Å². The number of nitrogens with zero attached hydrogens (tertiary/aromatic N) is 4. The van der Waals surface area contributed by atoms with Crippen LogP contribution in [0.1, 0.15) is 11.1 Å². The molecule has 2 saturated heterocycles. The van der Waals surface area contributed by atoms with Crippen molar-refractivity contribution in [3.8, 4) is 0 Å². The quantitative estimate of drug-likeness (QED) is 0.0872. The third-order valence-electron chi connectivity index (χ3n) is 10.8. The van der Waals surface area contributed by atoms with E-state index >= 15 is 0 Å². The highest BCUT2D eigenvalue weighted by molar-refractivity contribution is 8.13. The molecular weight excluding hydrogens is 1020 g/mol. The number of hydrogen-bond acceptors (Lipinski definition) is 9. The van der Waals surface area contributed by atoms with Crippen LogP contribution in [0.15, 0.2) is 143 Å². The molecule has 0 bridgehead atoms. The minimum atomic E-state index is -4.56. The maximum absolute atomic E-state index is 14.3. The Hall–Kier alpha value is -5.67. The van der Waals surface area contributed by atoms with Gasteiger partial charge in [-0.05, 0) is 109 Å². The molecule has 0 radical (unpaired) electrons. The second-order valence-electron chi connectivity index (χ2n) is 15.3. The molecule has 6 aromatic carbocycles. The number of para-hydroxylation sites is 4. The minimum absolute atomic E-state index is 0.268. The molecule has 0 aromatic heterocycles. The molecule has 0 amide bonds. The van der Waals surface area contributed by atoms with Gasteiger partial charge in [0.05, 0.1) is 55.0 Å². The fourth-order valence-corrected chi connectivity index (χ4v) is 9.46. The highest BCUT2D eigenvalue weighted by Gasteiger charge is 2.32. The number of nitrogens with two attached hydrogens (primary N) is 1. The van der Waals surface area contributed by atoms with Gasteiger partial charge in [-0.2, -0.15) is 26.3 Å². The lowest BCUT2D eigenvalue weighted by molar-refractivity contribution is -0.138. The van der Waals surface area contributed by atoms with Gasteiger partial charge in [0.1, 0.15) is 11.6 Å². The van der Waals surface area contributed by atoms with Crippen LogP contribution in [0, 0.1) is 11.6 Å². The van der Waals surface area contributed by atoms with Gasteiger partial charge in [0.15, 0.2) is 0 Å². The molecule has 368 valence electrons. The van der Waals surface area contributed by atoms with E-state index in [2.05, 4.69) is 9.62 Å². The van der Waals surface area contributed by atoms with Crippen molar-refractivity contribution in [3.63, 3.8) is 0 Å². The molecule has 6 aromatic rings. The molecule has 0 aliphatic carbocycles. The summed E-state index contributed by atoms with van der Waals surface area (Å²) in [4.78, 5) is 7.50. The molecule has 2 fully saturated rings. The number of anilines is 6. The monoisotopic (exact) mass is 1060 g/mol. The van der Waals surface area contributed by atoms with Gasteiger partial charge in [-0.1, -0.05) is 47.5 Å². The van der Waals surface area contributed by atoms with Crippen molar-refractivity contribution >= 4 is 87.1 Å². The topological polar surface area (TPSA) is 119 Å². The van der Waals surface area contributed by atoms with Gasteiger partial charge in [-0.15, -0.1) is 0 Å². The summed E-state index contributed by atoms with van der Waals surface area (Å²) in [6.45, 7) is 5.14. The second-order valence-corrected chi connectivity index (χ2v) is 20.4. The first kappa shape index (κ1) is 52.7. The first-order valence-electron chi connectivity index (χ1n) is 20.6. The van der Waals surface area contributed by atoms with Crippen LogP contribution in [-0.4, -0.2) is 69.2 Å². The van der Waals surface area contributed by atoms with Crippen LogP contribution in [0.5, 0.6) is 0 Å². The largest absolute Gasteiger partial charge is 0.416 e. The molecule has 0 spiro atoms. The van der Waals surface area contributed by atoms with E-state index in [0.29, 0.717) is 71.1 Å². The van der Waals surface area contributed by atoms with Gasteiger partial charge in [-0.25, -0.2) is 25.6 Å². The van der Waals surface area contributed by atoms with Crippen LogP contribution < -0.4 is 30.1 Å². The molecular formula is C46H41Cl3F8N6O4S2. The molecule has 0 saturated carbocycles. The molecule has 3 N–H and O–H groups in total. The summed E-state index contributed by atoms with van der Waals surface area (Å²) in [5, 5.41) is 0.737. The summed E-state index contributed by atoms with van der Waals surface area (Å²) in [6.07, 6.45) is -9.03. The van der Waals surface area contributed by atoms with E-state index in [1.807, 2.05) is 39.0 Å². The van der Waals surface area contributed by atoms with Crippen molar-refractivity contribution < 1.29 is 52.0 Å². The fraction of sp³-hybridized carbons (Fsp3) is 0.217. The van der Waals surface area contributed by atoms with E-state index in [1.54, 1.807) is 48.5 Å². The SMILES string of the molecule is Nc1ccccc1N1CCN(c2ccc(Cl)cc2F)CC1.O=S(=O)(Cl)c1ccc(C(F)(F)F)cc1.O=S(=O)(Nc1ccccc1N1CCN(c2ccc(Cl)cc2F)CC1)c1ccc(C(F)(F)F)cc1. The number of sulfonamides is 1. The maximum atomic E-state index is 14.3. The summed E-state index contributed by atoms with van der Waals surface area (Å²) in [7, 11) is -3.16. The lowest BCUT2D eigenvalue weighted by Gasteiger charge is -2.38. The zero-order chi connectivity index (χ0) is 50.3. The Balaban J connectivity index is 0.000000189. The maximum Gasteiger partial charge on any atom is 0.416 e. The number of rotatable bonds is 8. The molecule has 2 aliphatic rings. The number of halogens is 11. The average Bonchev–Trinajstić information content (AvgIpc) is 3.29. The van der Waals surface area contributed by atoms with Gasteiger partial charge >= 0.3 is 12.4 Å². The number of nitrogen functional groups attached to an aromatic ring is 1. The predicted molar refractivity (Wildman–Crippen MR) is 256 cm³/mol. The Morgan fingerprint density at radius 1 is 0.478 bits per heavy atom. The van der Waals surface area contributed by atoms with Gasteiger partial charge < -0.3 is 25.3 Å². The number of hydrogen-bond donors (Lipinski definition) is 2. The summed E-state index contributed by atoms with van der Waals surface area (Å²) in [5.41, 5.74) is 7.97. The summed E-state index contributed by atoms with van der Waals surface area (Å²) < 4.78 is 152. The van der Waals surface area contributed by atoms with Gasteiger partial charge in [0, 0.05) is 73.1 Å². The zero-order valence-electron chi connectivity index (χ0n) is 35.8. The third-order valence-corrected chi connectivity index (χ3v) is 14.0. The second kappa shape index (κ2) is 22.0. The van der Waals surface area contributed by atoms with Crippen molar-refractivity contribution in [2.45, 2.75) is 22.1 Å². The average molecular weight is 1060 g/mol. The van der Waals surface area contributed by atoms with Crippen LogP contribution in [0.4, 0.5) is 69.2 Å². The highest BCUT2D eigenvalue weighted by Crippen LogP contribution is 2.34. The number of nitrogens with one attached hydrogen (secondary N) is 1. The number of piperazine rings is 2. The molecule has 0 unspecified atom stereocenters. The Morgan fingerprint density at radius 2 is 0.841 bits per heavy atom. The third kappa shape index (κ3) is 14.0. The van der Waals surface area contributed by atoms with Crippen LogP contribution >= 0.6 is 33.9 Å². The normalized spacial score (nSPS) is 14.6. The first-order chi connectivity index (χ1) is 32.4. The lowest BCUT2D eigenvalue weighted by atomic mass is 10.2. The molecule has 2 aliphatic heterocycles. The molecule has 10 nitrogen and oxygen atoms in total. The van der Waals surface area contributed by atoms with Crippen LogP contribution in [0.25, 0.3) is 0 Å². The van der Waals surface area contributed by atoms with Gasteiger partial charge in [0.2, 0.25) is 0 Å². The first-order valence-corrected chi connectivity index (χ1v) is 25.1. The molecule has 8 rings (SSSR count). The van der Waals surface area contributed by atoms with E-state index in [1.165, 1.54) is 12.1 Å². The summed E-state index contributed by atoms with van der Waals surface area (Å²) in [5.74, 6) is -0.680. The van der Waals surface area contributed by atoms with E-state index in [0.717, 1.165) is 74.0 Å². The molecule has 69 heavy (non-hydrogen) atoms. The Kier molecular flexibility index (Phi) is 16.8. The summed E-state index contributed by atoms with van der Waals surface area (Å²) in [6, 6.07) is 30.2. The minimum Gasteiger partial charge on any atom is -0.397 e. The van der Waals surface area contributed by atoms with Crippen molar-refractivity contribution in [1.82, 2.24) is 0 Å². The van der Waals surface area contributed by atoms with Crippen molar-refractivity contribution in [2.75, 3.05) is 82.4 Å². The smallest absolute Gasteiger partial charge is 0.397 e. The Morgan fingerprint density at radius 3 is 1.23 bits per heavy atom. The molecule has 2 heterocycles. The standard InChI is InChI=1S/C23H20ClF4N3O2S.C16H17ClFN3.C7H4ClF3O2S/c24-17-7-10-21(19(25)15-17)30-11-13-31(14-12-30)22-4-2-1-3-20(22)29-34(32,33)18-8-5-16(6-9-18)23(26,27)28;17-12-5-6-15(13(18)11-12)20-7-9-21(10-8-20)16-4-2-1-3-14(16)19;8-14(12,13)6-3-1-5(2-4-6)7(9,10)11/h1-10,15,29H,11-14H2;1-6,11H,7-10,19H2;1-4H. The Bertz CT molecular complexity index is 2940. The fourth-order valence-electron chi connectivity index (χ4n) is 7.30. The van der Waals surface area contributed by atoms with E-state index in [-0.39, 0.29) is 15.6 Å². The van der Waals surface area contributed by atoms with E-state index < -0.39 is 48.4 Å². The lowest BCUT2D eigenvalue weighted by Crippen LogP contribution is -2.47. The molecule has 0 atom stereocenters. The predicted octanol–water partition coefficient (Wildman–Crippen LogP) is 11.6. The van der Waals surface area contributed by atoms with Crippen molar-refractivity contribution in [3.05, 3.63) is 166 Å². The van der Waals surface area contributed by atoms with E-state index in [4.69, 9.17) is 39.6 Å². The highest BCUT2D eigenvalue weighted by atomic mass is 35.7. The van der Waals surface area contributed by atoms with Crippen molar-refractivity contribution in [1.29, 1.82) is 0 Å². The number of alkyl halides is 6. The van der Waals surface area contributed by atoms with Crippen molar-refractivity contribution in [2.24, 2.45) is 0 Å². The van der Waals surface area contributed by atoms with Gasteiger partial charge in [-0.3, -0.25) is 4.72 Å². The van der Waals surface area contributed by atoms with E-state index in [9.17, 15) is 52.0 Å².